The van der Waals surface area contributed by atoms with Crippen molar-refractivity contribution in [1.82, 2.24) is 4.31 Å². The molecular weight excluding hydrogens is 280 g/mol. The number of ketones is 1. The first-order valence-corrected chi connectivity index (χ1v) is 7.60. The van der Waals surface area contributed by atoms with Crippen molar-refractivity contribution in [2.24, 2.45) is 5.16 Å². The number of hydrogen-bond acceptors (Lipinski definition) is 5. The maximum Gasteiger partial charge on any atom is 0.243 e. The number of Topliss-reactive ketones (excluding diaryl/α,β-unsaturated/α-hetero) is 1. The molecule has 108 valence electrons. The fraction of sp³-hybridized carbons (Fsp3) is 0.385. The molecule has 0 radical (unpaired) electrons. The Morgan fingerprint density at radius 2 is 2.00 bits per heavy atom. The number of nitrogens with zero attached hydrogens (tertiary/aromatic N) is 2. The lowest BCUT2D eigenvalue weighted by Gasteiger charge is -2.16. The van der Waals surface area contributed by atoms with Gasteiger partial charge in [0.1, 0.15) is 6.61 Å². The van der Waals surface area contributed by atoms with Gasteiger partial charge in [0.15, 0.2) is 5.78 Å². The molecule has 0 N–H and O–H groups in total. The molecule has 1 aliphatic heterocycles. The molecule has 0 saturated heterocycles. The SMILES string of the molecule is CC(=O)c1ccc(S(=O)(=O)N(C)CC2=NOCC2)cc1. The van der Waals surface area contributed by atoms with Gasteiger partial charge in [-0.2, -0.15) is 4.31 Å². The Hall–Kier alpha value is -1.73. The normalized spacial score (nSPS) is 15.1. The van der Waals surface area contributed by atoms with Gasteiger partial charge in [-0.15, -0.1) is 0 Å². The predicted molar refractivity (Wildman–Crippen MR) is 74.3 cm³/mol. The molecule has 2 rings (SSSR count). The van der Waals surface area contributed by atoms with Gasteiger partial charge in [0.25, 0.3) is 0 Å². The number of hydrogen-bond donors (Lipinski definition) is 0. The van der Waals surface area contributed by atoms with E-state index in [0.29, 0.717) is 24.3 Å². The summed E-state index contributed by atoms with van der Waals surface area (Å²) >= 11 is 0. The summed E-state index contributed by atoms with van der Waals surface area (Å²) in [6, 6.07) is 5.91. The minimum absolute atomic E-state index is 0.0974. The lowest BCUT2D eigenvalue weighted by molar-refractivity contribution is 0.101. The third-order valence-electron chi connectivity index (χ3n) is 3.05. The number of rotatable bonds is 5. The monoisotopic (exact) mass is 296 g/mol. The number of sulfonamides is 1. The molecule has 0 aliphatic carbocycles. The van der Waals surface area contributed by atoms with Gasteiger partial charge in [-0.1, -0.05) is 17.3 Å². The first-order valence-electron chi connectivity index (χ1n) is 6.16. The van der Waals surface area contributed by atoms with Crippen molar-refractivity contribution < 1.29 is 18.0 Å². The highest BCUT2D eigenvalue weighted by molar-refractivity contribution is 7.89. The van der Waals surface area contributed by atoms with Crippen molar-refractivity contribution in [1.29, 1.82) is 0 Å². The van der Waals surface area contributed by atoms with Crippen molar-refractivity contribution in [3.63, 3.8) is 0 Å². The summed E-state index contributed by atoms with van der Waals surface area (Å²) in [5.41, 5.74) is 1.19. The molecule has 0 atom stereocenters. The van der Waals surface area contributed by atoms with Gasteiger partial charge in [-0.05, 0) is 19.1 Å². The quantitative estimate of drug-likeness (QED) is 0.767. The van der Waals surface area contributed by atoms with Gasteiger partial charge >= 0.3 is 0 Å². The first kappa shape index (κ1) is 14.7. The van der Waals surface area contributed by atoms with E-state index in [-0.39, 0.29) is 17.2 Å². The second-order valence-electron chi connectivity index (χ2n) is 4.58. The van der Waals surface area contributed by atoms with Gasteiger partial charge in [0.2, 0.25) is 10.0 Å². The number of carbonyl (C=O) groups excluding carboxylic acids is 1. The highest BCUT2D eigenvalue weighted by atomic mass is 32.2. The van der Waals surface area contributed by atoms with Gasteiger partial charge in [0.05, 0.1) is 17.2 Å². The number of carbonyl (C=O) groups is 1. The zero-order valence-electron chi connectivity index (χ0n) is 11.4. The van der Waals surface area contributed by atoms with E-state index in [1.807, 2.05) is 0 Å². The van der Waals surface area contributed by atoms with Crippen molar-refractivity contribution >= 4 is 21.5 Å². The van der Waals surface area contributed by atoms with E-state index >= 15 is 0 Å². The second kappa shape index (κ2) is 5.72. The van der Waals surface area contributed by atoms with E-state index in [1.165, 1.54) is 42.5 Å². The van der Waals surface area contributed by atoms with E-state index in [0.717, 1.165) is 0 Å². The number of benzene rings is 1. The minimum atomic E-state index is -3.58. The molecule has 0 bridgehead atoms. The molecule has 0 amide bonds. The molecule has 0 spiro atoms. The molecule has 1 aromatic rings. The highest BCUT2D eigenvalue weighted by Crippen LogP contribution is 2.16. The van der Waals surface area contributed by atoms with Crippen LogP contribution in [0.3, 0.4) is 0 Å². The van der Waals surface area contributed by atoms with Crippen LogP contribution in [0.25, 0.3) is 0 Å². The lowest BCUT2D eigenvalue weighted by Crippen LogP contribution is -2.31. The average molecular weight is 296 g/mol. The standard InChI is InChI=1S/C13H16N2O4S/c1-10(16)11-3-5-13(6-4-11)20(17,18)15(2)9-12-7-8-19-14-12/h3-6H,7-9H2,1-2H3. The fourth-order valence-corrected chi connectivity index (χ4v) is 3.00. The first-order chi connectivity index (χ1) is 9.41. The van der Waals surface area contributed by atoms with Crippen LogP contribution in [0.2, 0.25) is 0 Å². The van der Waals surface area contributed by atoms with Crippen LogP contribution in [0.4, 0.5) is 0 Å². The van der Waals surface area contributed by atoms with Crippen LogP contribution in [0, 0.1) is 0 Å². The van der Waals surface area contributed by atoms with E-state index in [9.17, 15) is 13.2 Å². The Balaban J connectivity index is 2.18. The topological polar surface area (TPSA) is 76.0 Å². The summed E-state index contributed by atoms with van der Waals surface area (Å²) in [6.07, 6.45) is 0.642. The van der Waals surface area contributed by atoms with Gasteiger partial charge in [-0.25, -0.2) is 8.42 Å². The van der Waals surface area contributed by atoms with Gasteiger partial charge in [-0.3, -0.25) is 4.79 Å². The molecule has 0 aromatic heterocycles. The molecule has 0 saturated carbocycles. The summed E-state index contributed by atoms with van der Waals surface area (Å²) < 4.78 is 25.9. The van der Waals surface area contributed by atoms with E-state index in [4.69, 9.17) is 4.84 Å². The van der Waals surface area contributed by atoms with Crippen LogP contribution < -0.4 is 0 Å². The van der Waals surface area contributed by atoms with Crippen molar-refractivity contribution in [3.8, 4) is 0 Å². The van der Waals surface area contributed by atoms with E-state index in [1.54, 1.807) is 0 Å². The van der Waals surface area contributed by atoms with Gasteiger partial charge < -0.3 is 4.84 Å². The zero-order valence-corrected chi connectivity index (χ0v) is 12.2. The Morgan fingerprint density at radius 3 is 2.50 bits per heavy atom. The maximum absolute atomic E-state index is 12.3. The fourth-order valence-electron chi connectivity index (χ4n) is 1.84. The molecule has 1 aliphatic rings. The van der Waals surface area contributed by atoms with Crippen LogP contribution in [-0.2, 0) is 14.9 Å². The Morgan fingerprint density at radius 1 is 1.35 bits per heavy atom. The minimum Gasteiger partial charge on any atom is -0.395 e. The average Bonchev–Trinajstić information content (AvgIpc) is 2.91. The highest BCUT2D eigenvalue weighted by Gasteiger charge is 2.23. The molecule has 0 unspecified atom stereocenters. The van der Waals surface area contributed by atoms with Crippen molar-refractivity contribution in [3.05, 3.63) is 29.8 Å². The number of oxime groups is 1. The van der Waals surface area contributed by atoms with Crippen LogP contribution in [-0.4, -0.2) is 44.4 Å². The summed E-state index contributed by atoms with van der Waals surface area (Å²) in [7, 11) is -2.09. The lowest BCUT2D eigenvalue weighted by atomic mass is 10.2. The summed E-state index contributed by atoms with van der Waals surface area (Å²) in [5.74, 6) is -0.0974. The Labute approximate surface area is 118 Å². The molecule has 1 aromatic carbocycles. The molecule has 20 heavy (non-hydrogen) atoms. The summed E-state index contributed by atoms with van der Waals surface area (Å²) in [4.78, 5) is 16.2. The molecule has 7 heteroatoms. The smallest absolute Gasteiger partial charge is 0.243 e. The van der Waals surface area contributed by atoms with E-state index in [2.05, 4.69) is 5.16 Å². The predicted octanol–water partition coefficient (Wildman–Crippen LogP) is 1.29. The Kier molecular flexibility index (Phi) is 4.20. The largest absolute Gasteiger partial charge is 0.395 e. The van der Waals surface area contributed by atoms with Crippen molar-refractivity contribution in [2.45, 2.75) is 18.2 Å². The van der Waals surface area contributed by atoms with Crippen molar-refractivity contribution in [2.75, 3.05) is 20.2 Å². The third-order valence-corrected chi connectivity index (χ3v) is 4.87. The van der Waals surface area contributed by atoms with Crippen LogP contribution in [0.1, 0.15) is 23.7 Å². The molecule has 0 fully saturated rings. The molecule has 1 heterocycles. The summed E-state index contributed by atoms with van der Waals surface area (Å²) in [6.45, 7) is 2.14. The van der Waals surface area contributed by atoms with E-state index < -0.39 is 10.0 Å². The van der Waals surface area contributed by atoms with Crippen LogP contribution >= 0.6 is 0 Å². The summed E-state index contributed by atoms with van der Waals surface area (Å²) in [5, 5.41) is 3.79. The third kappa shape index (κ3) is 3.05. The Bertz CT molecular complexity index is 635. The molecule has 6 nitrogen and oxygen atoms in total. The second-order valence-corrected chi connectivity index (χ2v) is 6.63. The zero-order chi connectivity index (χ0) is 14.8. The van der Waals surface area contributed by atoms with Crippen LogP contribution in [0.15, 0.2) is 34.3 Å². The van der Waals surface area contributed by atoms with Gasteiger partial charge in [0, 0.05) is 19.0 Å². The maximum atomic E-state index is 12.3. The van der Waals surface area contributed by atoms with Crippen LogP contribution in [0.5, 0.6) is 0 Å². The molecular formula is C13H16N2O4S.